The van der Waals surface area contributed by atoms with E-state index in [-0.39, 0.29) is 0 Å². The first kappa shape index (κ1) is 14.1. The van der Waals surface area contributed by atoms with E-state index in [0.29, 0.717) is 11.4 Å². The molecule has 0 saturated carbocycles. The van der Waals surface area contributed by atoms with Gasteiger partial charge in [0.25, 0.3) is 0 Å². The van der Waals surface area contributed by atoms with Crippen molar-refractivity contribution in [2.45, 2.75) is 40.0 Å². The number of aromatic nitrogens is 2. The third-order valence-electron chi connectivity index (χ3n) is 4.14. The minimum absolute atomic E-state index is 0.415. The predicted molar refractivity (Wildman–Crippen MR) is 80.6 cm³/mol. The van der Waals surface area contributed by atoms with Crippen LogP contribution in [0.2, 0.25) is 0 Å². The van der Waals surface area contributed by atoms with E-state index >= 15 is 0 Å². The van der Waals surface area contributed by atoms with Gasteiger partial charge < -0.3 is 10.2 Å². The lowest BCUT2D eigenvalue weighted by Gasteiger charge is -2.29. The fourth-order valence-electron chi connectivity index (χ4n) is 2.84. The van der Waals surface area contributed by atoms with Crippen LogP contribution in [0.25, 0.3) is 0 Å². The maximum Gasteiger partial charge on any atom is 0.224 e. The molecule has 4 heteroatoms. The Morgan fingerprint density at radius 2 is 2.05 bits per heavy atom. The van der Waals surface area contributed by atoms with Gasteiger partial charge in [-0.05, 0) is 36.7 Å². The van der Waals surface area contributed by atoms with Crippen LogP contribution in [-0.4, -0.2) is 30.1 Å². The normalized spacial score (nSPS) is 21.1. The second kappa shape index (κ2) is 5.76. The molecule has 0 amide bonds. The summed E-state index contributed by atoms with van der Waals surface area (Å²) in [5.74, 6) is 2.56. The van der Waals surface area contributed by atoms with Crippen LogP contribution in [0.15, 0.2) is 12.3 Å². The van der Waals surface area contributed by atoms with Crippen LogP contribution in [0.3, 0.4) is 0 Å². The zero-order chi connectivity index (χ0) is 13.9. The standard InChI is InChI=1S/C15H26N4/c1-15(2,3)12-6-5-10-19(11-8-12)13-7-9-17-14(16-4)18-13/h7,9,12H,5-6,8,10-11H2,1-4H3,(H,16,17,18). The van der Waals surface area contributed by atoms with Crippen molar-refractivity contribution in [3.63, 3.8) is 0 Å². The number of hydrogen-bond acceptors (Lipinski definition) is 4. The monoisotopic (exact) mass is 262 g/mol. The molecule has 1 atom stereocenters. The molecular weight excluding hydrogens is 236 g/mol. The lowest BCUT2D eigenvalue weighted by Crippen LogP contribution is -2.27. The van der Waals surface area contributed by atoms with Gasteiger partial charge in [-0.1, -0.05) is 20.8 Å². The third-order valence-corrected chi connectivity index (χ3v) is 4.14. The van der Waals surface area contributed by atoms with Crippen molar-refractivity contribution in [2.75, 3.05) is 30.4 Å². The molecule has 0 bridgehead atoms. The summed E-state index contributed by atoms with van der Waals surface area (Å²) in [6.07, 6.45) is 5.66. The minimum Gasteiger partial charge on any atom is -0.357 e. The Bertz CT molecular complexity index is 411. The van der Waals surface area contributed by atoms with Gasteiger partial charge in [0.15, 0.2) is 0 Å². The predicted octanol–water partition coefficient (Wildman–Crippen LogP) is 3.17. The van der Waals surface area contributed by atoms with Crippen LogP contribution in [0, 0.1) is 11.3 Å². The molecule has 1 fully saturated rings. The summed E-state index contributed by atoms with van der Waals surface area (Å²) in [6.45, 7) is 9.28. The van der Waals surface area contributed by atoms with Gasteiger partial charge in [-0.2, -0.15) is 4.98 Å². The van der Waals surface area contributed by atoms with Crippen molar-refractivity contribution in [2.24, 2.45) is 11.3 Å². The summed E-state index contributed by atoms with van der Waals surface area (Å²) < 4.78 is 0. The third kappa shape index (κ3) is 3.58. The molecule has 106 valence electrons. The van der Waals surface area contributed by atoms with Crippen LogP contribution in [0.5, 0.6) is 0 Å². The van der Waals surface area contributed by atoms with Crippen molar-refractivity contribution in [3.05, 3.63) is 12.3 Å². The molecule has 0 aromatic carbocycles. The summed E-state index contributed by atoms with van der Waals surface area (Å²) in [5.41, 5.74) is 0.415. The molecule has 1 aromatic rings. The van der Waals surface area contributed by atoms with Gasteiger partial charge in [-0.3, -0.25) is 0 Å². The van der Waals surface area contributed by atoms with Crippen LogP contribution in [0.1, 0.15) is 40.0 Å². The van der Waals surface area contributed by atoms with E-state index in [2.05, 4.69) is 41.0 Å². The van der Waals surface area contributed by atoms with Crippen molar-refractivity contribution < 1.29 is 0 Å². The lowest BCUT2D eigenvalue weighted by molar-refractivity contribution is 0.220. The average Bonchev–Trinajstić information content (AvgIpc) is 2.64. The second-order valence-electron chi connectivity index (χ2n) is 6.47. The molecule has 0 aliphatic carbocycles. The maximum absolute atomic E-state index is 4.55. The van der Waals surface area contributed by atoms with Gasteiger partial charge in [-0.25, -0.2) is 4.98 Å². The van der Waals surface area contributed by atoms with Crippen molar-refractivity contribution in [1.29, 1.82) is 0 Å². The van der Waals surface area contributed by atoms with Crippen LogP contribution < -0.4 is 10.2 Å². The van der Waals surface area contributed by atoms with Gasteiger partial charge in [-0.15, -0.1) is 0 Å². The van der Waals surface area contributed by atoms with Crippen LogP contribution >= 0.6 is 0 Å². The highest BCUT2D eigenvalue weighted by atomic mass is 15.2. The Labute approximate surface area is 116 Å². The molecule has 1 saturated heterocycles. The summed E-state index contributed by atoms with van der Waals surface area (Å²) in [6, 6.07) is 2.01. The molecule has 1 aliphatic rings. The van der Waals surface area contributed by atoms with E-state index in [1.807, 2.05) is 19.3 Å². The molecule has 1 aromatic heterocycles. The zero-order valence-electron chi connectivity index (χ0n) is 12.6. The van der Waals surface area contributed by atoms with E-state index < -0.39 is 0 Å². The quantitative estimate of drug-likeness (QED) is 0.889. The first-order valence-electron chi connectivity index (χ1n) is 7.26. The Morgan fingerprint density at radius 1 is 1.26 bits per heavy atom. The van der Waals surface area contributed by atoms with Gasteiger partial charge in [0, 0.05) is 26.3 Å². The molecule has 4 nitrogen and oxygen atoms in total. The maximum atomic E-state index is 4.55. The smallest absolute Gasteiger partial charge is 0.224 e. The van der Waals surface area contributed by atoms with Crippen molar-refractivity contribution in [3.8, 4) is 0 Å². The van der Waals surface area contributed by atoms with Crippen LogP contribution in [-0.2, 0) is 0 Å². The highest BCUT2D eigenvalue weighted by molar-refractivity contribution is 5.42. The first-order valence-corrected chi connectivity index (χ1v) is 7.26. The molecule has 2 heterocycles. The highest BCUT2D eigenvalue weighted by Crippen LogP contribution is 2.34. The summed E-state index contributed by atoms with van der Waals surface area (Å²) in [4.78, 5) is 11.1. The SMILES string of the molecule is CNc1nccc(N2CCCC(C(C)(C)C)CC2)n1. The zero-order valence-corrected chi connectivity index (χ0v) is 12.6. The first-order chi connectivity index (χ1) is 9.00. The van der Waals surface area contributed by atoms with E-state index in [1.165, 1.54) is 19.3 Å². The molecule has 0 radical (unpaired) electrons. The van der Waals surface area contributed by atoms with Gasteiger partial charge in [0.2, 0.25) is 5.95 Å². The van der Waals surface area contributed by atoms with Gasteiger partial charge in [0.1, 0.15) is 5.82 Å². The fourth-order valence-corrected chi connectivity index (χ4v) is 2.84. The lowest BCUT2D eigenvalue weighted by atomic mass is 9.77. The van der Waals surface area contributed by atoms with E-state index in [9.17, 15) is 0 Å². The topological polar surface area (TPSA) is 41.1 Å². The van der Waals surface area contributed by atoms with E-state index in [4.69, 9.17) is 0 Å². The van der Waals surface area contributed by atoms with Gasteiger partial charge in [0.05, 0.1) is 0 Å². The minimum atomic E-state index is 0.415. The Hall–Kier alpha value is -1.32. The Balaban J connectivity index is 2.06. The largest absolute Gasteiger partial charge is 0.357 e. The van der Waals surface area contributed by atoms with E-state index in [0.717, 1.165) is 24.8 Å². The molecule has 1 unspecified atom stereocenters. The average molecular weight is 262 g/mol. The summed E-state index contributed by atoms with van der Waals surface area (Å²) in [5, 5.41) is 3.01. The molecule has 2 rings (SSSR count). The second-order valence-corrected chi connectivity index (χ2v) is 6.47. The fraction of sp³-hybridized carbons (Fsp3) is 0.733. The molecule has 0 spiro atoms. The molecular formula is C15H26N4. The summed E-state index contributed by atoms with van der Waals surface area (Å²) in [7, 11) is 1.86. The van der Waals surface area contributed by atoms with Crippen molar-refractivity contribution >= 4 is 11.8 Å². The number of anilines is 2. The number of nitrogens with one attached hydrogen (secondary N) is 1. The Morgan fingerprint density at radius 3 is 2.74 bits per heavy atom. The number of hydrogen-bond donors (Lipinski definition) is 1. The molecule has 1 aliphatic heterocycles. The van der Waals surface area contributed by atoms with Crippen molar-refractivity contribution in [1.82, 2.24) is 9.97 Å². The Kier molecular flexibility index (Phi) is 4.27. The molecule has 19 heavy (non-hydrogen) atoms. The summed E-state index contributed by atoms with van der Waals surface area (Å²) >= 11 is 0. The van der Waals surface area contributed by atoms with Crippen LogP contribution in [0.4, 0.5) is 11.8 Å². The number of rotatable bonds is 2. The number of nitrogens with zero attached hydrogens (tertiary/aromatic N) is 3. The van der Waals surface area contributed by atoms with E-state index in [1.54, 1.807) is 0 Å². The van der Waals surface area contributed by atoms with Gasteiger partial charge >= 0.3 is 0 Å². The highest BCUT2D eigenvalue weighted by Gasteiger charge is 2.27. The molecule has 1 N–H and O–H groups in total.